The van der Waals surface area contributed by atoms with Gasteiger partial charge in [-0.05, 0) is 57.7 Å². The summed E-state index contributed by atoms with van der Waals surface area (Å²) in [6.07, 6.45) is 1.82. The zero-order chi connectivity index (χ0) is 31.3. The standard InChI is InChI=1S/C43H28N4.Pt/c1-46-41-23-22-31(29-13-4-2-5-14-29)26-39(41)45-43(46)37-28-42-36(27-35(37)30-15-6-3-7-16-30)34-19-8-9-21-40(34)47(42)33-18-12-17-32(25-33)38-20-10-11-24-44-38;/h2-24,26-27H,1H3;/q-2;+2. The normalized spacial score (nSPS) is 11.3. The molecule has 5 heteroatoms. The van der Waals surface area contributed by atoms with E-state index in [1.807, 2.05) is 30.5 Å². The molecule has 3 heterocycles. The Morgan fingerprint density at radius 3 is 2.12 bits per heavy atom. The van der Waals surface area contributed by atoms with Crippen LogP contribution in [0.5, 0.6) is 0 Å². The first-order valence-electron chi connectivity index (χ1n) is 15.7. The third kappa shape index (κ3) is 4.97. The first kappa shape index (κ1) is 29.8. The van der Waals surface area contributed by atoms with Crippen molar-refractivity contribution in [3.05, 3.63) is 164 Å². The summed E-state index contributed by atoms with van der Waals surface area (Å²) in [7, 11) is 2.10. The Bertz CT molecular complexity index is 2570. The first-order valence-corrected chi connectivity index (χ1v) is 15.7. The van der Waals surface area contributed by atoms with Gasteiger partial charge in [0, 0.05) is 18.8 Å². The van der Waals surface area contributed by atoms with Crippen LogP contribution in [0.4, 0.5) is 0 Å². The largest absolute Gasteiger partial charge is 2.00 e. The van der Waals surface area contributed by atoms with E-state index in [2.05, 4.69) is 155 Å². The van der Waals surface area contributed by atoms with Crippen LogP contribution in [0.1, 0.15) is 0 Å². The fourth-order valence-electron chi connectivity index (χ4n) is 6.70. The molecule has 3 aromatic heterocycles. The molecule has 9 rings (SSSR count). The van der Waals surface area contributed by atoms with Crippen molar-refractivity contribution in [3.63, 3.8) is 0 Å². The monoisotopic (exact) mass is 795 g/mol. The molecule has 0 radical (unpaired) electrons. The van der Waals surface area contributed by atoms with Gasteiger partial charge in [0.1, 0.15) is 0 Å². The average Bonchev–Trinajstić information content (AvgIpc) is 3.65. The first-order chi connectivity index (χ1) is 23.2. The average molecular weight is 796 g/mol. The molecule has 6 aromatic carbocycles. The third-order valence-corrected chi connectivity index (χ3v) is 8.97. The van der Waals surface area contributed by atoms with E-state index >= 15 is 0 Å². The number of rotatable bonds is 5. The van der Waals surface area contributed by atoms with E-state index in [0.717, 1.165) is 77.9 Å². The predicted molar refractivity (Wildman–Crippen MR) is 192 cm³/mol. The molecule has 0 aliphatic carbocycles. The van der Waals surface area contributed by atoms with Gasteiger partial charge in [0.25, 0.3) is 0 Å². The van der Waals surface area contributed by atoms with Crippen molar-refractivity contribution in [2.45, 2.75) is 0 Å². The Labute approximate surface area is 293 Å². The van der Waals surface area contributed by atoms with Gasteiger partial charge in [-0.25, -0.2) is 0 Å². The Balaban J connectivity index is 0.00000336. The fraction of sp³-hybridized carbons (Fsp3) is 0.0233. The predicted octanol–water partition coefficient (Wildman–Crippen LogP) is 10.3. The summed E-state index contributed by atoms with van der Waals surface area (Å²) in [5.74, 6) is 0.869. The van der Waals surface area contributed by atoms with E-state index in [1.165, 1.54) is 5.56 Å². The van der Waals surface area contributed by atoms with Gasteiger partial charge in [-0.3, -0.25) is 4.98 Å². The van der Waals surface area contributed by atoms with Crippen LogP contribution in [-0.2, 0) is 28.1 Å². The van der Waals surface area contributed by atoms with Crippen molar-refractivity contribution >= 4 is 32.8 Å². The number of para-hydroxylation sites is 1. The number of pyridine rings is 1. The maximum atomic E-state index is 5.28. The number of aryl methyl sites for hydroxylation is 1. The minimum absolute atomic E-state index is 0. The van der Waals surface area contributed by atoms with E-state index < -0.39 is 0 Å². The number of nitrogens with zero attached hydrogens (tertiary/aromatic N) is 4. The zero-order valence-electron chi connectivity index (χ0n) is 26.0. The van der Waals surface area contributed by atoms with Gasteiger partial charge in [-0.1, -0.05) is 119 Å². The van der Waals surface area contributed by atoms with Crippen LogP contribution in [0.2, 0.25) is 0 Å². The van der Waals surface area contributed by atoms with Crippen molar-refractivity contribution in [2.24, 2.45) is 7.05 Å². The van der Waals surface area contributed by atoms with Crippen LogP contribution in [-0.4, -0.2) is 19.1 Å². The maximum absolute atomic E-state index is 5.28. The van der Waals surface area contributed by atoms with E-state index in [4.69, 9.17) is 4.98 Å². The number of imidazole rings is 1. The maximum Gasteiger partial charge on any atom is 2.00 e. The second kappa shape index (κ2) is 12.2. The van der Waals surface area contributed by atoms with Crippen molar-refractivity contribution in [2.75, 3.05) is 0 Å². The van der Waals surface area contributed by atoms with Gasteiger partial charge in [0.2, 0.25) is 0 Å². The van der Waals surface area contributed by atoms with E-state index in [9.17, 15) is 0 Å². The molecule has 0 amide bonds. The summed E-state index contributed by atoms with van der Waals surface area (Å²) in [6, 6.07) is 58.2. The molecule has 4 nitrogen and oxygen atoms in total. The summed E-state index contributed by atoms with van der Waals surface area (Å²) in [5, 5.41) is 2.29. The molecule has 0 aliphatic heterocycles. The minimum atomic E-state index is 0. The molecule has 0 unspecified atom stereocenters. The van der Waals surface area contributed by atoms with Crippen LogP contribution in [0.15, 0.2) is 152 Å². The van der Waals surface area contributed by atoms with E-state index in [1.54, 1.807) is 0 Å². The van der Waals surface area contributed by atoms with Crippen LogP contribution in [0.25, 0.3) is 83.4 Å². The van der Waals surface area contributed by atoms with Gasteiger partial charge in [-0.2, -0.15) is 0 Å². The van der Waals surface area contributed by atoms with E-state index in [0.29, 0.717) is 0 Å². The van der Waals surface area contributed by atoms with Crippen molar-refractivity contribution < 1.29 is 21.1 Å². The Kier molecular flexibility index (Phi) is 7.59. The summed E-state index contributed by atoms with van der Waals surface area (Å²) >= 11 is 0. The molecule has 0 saturated carbocycles. The van der Waals surface area contributed by atoms with Crippen LogP contribution >= 0.6 is 0 Å². The summed E-state index contributed by atoms with van der Waals surface area (Å²) in [6.45, 7) is 0. The number of hydrogen-bond acceptors (Lipinski definition) is 2. The molecule has 0 N–H and O–H groups in total. The van der Waals surface area contributed by atoms with Gasteiger partial charge in [0.15, 0.2) is 0 Å². The molecular weight excluding hydrogens is 768 g/mol. The van der Waals surface area contributed by atoms with Crippen LogP contribution < -0.4 is 0 Å². The fourth-order valence-corrected chi connectivity index (χ4v) is 6.70. The van der Waals surface area contributed by atoms with Crippen LogP contribution in [0, 0.1) is 12.1 Å². The molecule has 0 saturated heterocycles. The van der Waals surface area contributed by atoms with Crippen molar-refractivity contribution in [1.29, 1.82) is 0 Å². The second-order valence-corrected chi connectivity index (χ2v) is 11.8. The summed E-state index contributed by atoms with van der Waals surface area (Å²) in [4.78, 5) is 9.87. The number of benzene rings is 6. The second-order valence-electron chi connectivity index (χ2n) is 11.8. The third-order valence-electron chi connectivity index (χ3n) is 8.97. The minimum Gasteiger partial charge on any atom is -0.367 e. The van der Waals surface area contributed by atoms with Gasteiger partial charge >= 0.3 is 21.1 Å². The molecule has 48 heavy (non-hydrogen) atoms. The molecule has 0 spiro atoms. The van der Waals surface area contributed by atoms with Gasteiger partial charge < -0.3 is 14.1 Å². The number of aromatic nitrogens is 4. The van der Waals surface area contributed by atoms with Gasteiger partial charge in [0.05, 0.1) is 16.9 Å². The van der Waals surface area contributed by atoms with Gasteiger partial charge in [-0.15, -0.1) is 42.0 Å². The molecular formula is C43H28N4Pt. The summed E-state index contributed by atoms with van der Waals surface area (Å²) < 4.78 is 4.46. The quantitative estimate of drug-likeness (QED) is 0.163. The number of fused-ring (bicyclic) bond motifs is 4. The van der Waals surface area contributed by atoms with E-state index in [-0.39, 0.29) is 21.1 Å². The SMILES string of the molecule is Cn1c(-c2[c-]c3c(cc2-c2ccccc2)c2ccccc2n3-c2[c-]c(-c3ccccn3)ccc2)nc2cc(-c3ccccc3)ccc21.[Pt+2]. The Morgan fingerprint density at radius 2 is 1.33 bits per heavy atom. The molecule has 0 aliphatic rings. The number of hydrogen-bond donors (Lipinski definition) is 0. The van der Waals surface area contributed by atoms with Crippen LogP contribution in [0.3, 0.4) is 0 Å². The topological polar surface area (TPSA) is 35.6 Å². The molecule has 0 atom stereocenters. The smallest absolute Gasteiger partial charge is 0.367 e. The summed E-state index contributed by atoms with van der Waals surface area (Å²) in [5.41, 5.74) is 12.4. The molecule has 230 valence electrons. The van der Waals surface area contributed by atoms with Crippen molar-refractivity contribution in [3.8, 4) is 50.6 Å². The Morgan fingerprint density at radius 1 is 0.583 bits per heavy atom. The zero-order valence-corrected chi connectivity index (χ0v) is 28.3. The molecule has 0 bridgehead atoms. The molecule has 0 fully saturated rings. The Hall–Kier alpha value is -5.57. The van der Waals surface area contributed by atoms with Crippen molar-refractivity contribution in [1.82, 2.24) is 19.1 Å². The molecule has 9 aromatic rings.